The van der Waals surface area contributed by atoms with Gasteiger partial charge in [0.2, 0.25) is 5.91 Å². The summed E-state index contributed by atoms with van der Waals surface area (Å²) in [6.45, 7) is 0. The maximum absolute atomic E-state index is 13.7. The van der Waals surface area contributed by atoms with Crippen LogP contribution in [0.4, 0.5) is 14.8 Å². The predicted octanol–water partition coefficient (Wildman–Crippen LogP) is 3.47. The number of aromatic nitrogens is 2. The Bertz CT molecular complexity index is 1120. The largest absolute Gasteiger partial charge is 0.403 e. The first-order chi connectivity index (χ1) is 13.2. The first kappa shape index (κ1) is 19.9. The molecule has 1 heterocycles. The summed E-state index contributed by atoms with van der Waals surface area (Å²) in [5.41, 5.74) is -0.139. The van der Waals surface area contributed by atoms with Crippen LogP contribution in [0, 0.1) is 11.6 Å². The molecule has 3 rings (SSSR count). The first-order valence-corrected chi connectivity index (χ1v) is 9.85. The zero-order chi connectivity index (χ0) is 20.3. The summed E-state index contributed by atoms with van der Waals surface area (Å²) in [6.07, 6.45) is -0.367. The molecule has 0 fully saturated rings. The minimum absolute atomic E-state index is 0.0385. The highest BCUT2D eigenvalue weighted by Gasteiger charge is 2.19. The SMILES string of the molecule is O=C(CCS(=O)(=O)c1ccc(Cl)cc1)Nc1nnc(-c2ccc(F)cc2F)o1. The molecule has 0 spiro atoms. The molecule has 2 aromatic carbocycles. The standard InChI is InChI=1S/C17H12ClF2N3O4S/c18-10-1-4-12(5-2-10)28(25,26)8-7-15(24)21-17-23-22-16(27-17)13-6-3-11(19)9-14(13)20/h1-6,9H,7-8H2,(H,21,23,24). The van der Waals surface area contributed by atoms with E-state index in [-0.39, 0.29) is 28.8 Å². The van der Waals surface area contributed by atoms with Gasteiger partial charge in [0.1, 0.15) is 11.6 Å². The van der Waals surface area contributed by atoms with Gasteiger partial charge in [0.25, 0.3) is 5.89 Å². The van der Waals surface area contributed by atoms with Crippen LogP contribution in [0.5, 0.6) is 0 Å². The summed E-state index contributed by atoms with van der Waals surface area (Å²) < 4.78 is 56.2. The van der Waals surface area contributed by atoms with E-state index in [1.165, 1.54) is 24.3 Å². The number of hydrogen-bond donors (Lipinski definition) is 1. The third kappa shape index (κ3) is 4.70. The topological polar surface area (TPSA) is 102 Å². The molecule has 0 atom stereocenters. The van der Waals surface area contributed by atoms with Crippen molar-refractivity contribution in [2.45, 2.75) is 11.3 Å². The molecule has 0 aliphatic heterocycles. The lowest BCUT2D eigenvalue weighted by Gasteiger charge is -2.04. The van der Waals surface area contributed by atoms with Gasteiger partial charge in [-0.05, 0) is 36.4 Å². The van der Waals surface area contributed by atoms with Crippen molar-refractivity contribution in [3.8, 4) is 11.5 Å². The van der Waals surface area contributed by atoms with E-state index >= 15 is 0 Å². The van der Waals surface area contributed by atoms with E-state index < -0.39 is 33.1 Å². The average molecular weight is 428 g/mol. The number of nitrogens with zero attached hydrogens (tertiary/aromatic N) is 2. The Hall–Kier alpha value is -2.85. The van der Waals surface area contributed by atoms with Gasteiger partial charge < -0.3 is 4.42 Å². The van der Waals surface area contributed by atoms with Crippen LogP contribution in [-0.2, 0) is 14.6 Å². The van der Waals surface area contributed by atoms with Crippen LogP contribution in [0.25, 0.3) is 11.5 Å². The average Bonchev–Trinajstić information content (AvgIpc) is 3.08. The number of carbonyl (C=O) groups excluding carboxylic acids is 1. The maximum Gasteiger partial charge on any atom is 0.322 e. The molecular weight excluding hydrogens is 416 g/mol. The van der Waals surface area contributed by atoms with Gasteiger partial charge >= 0.3 is 6.01 Å². The molecule has 3 aromatic rings. The van der Waals surface area contributed by atoms with Crippen molar-refractivity contribution in [1.82, 2.24) is 10.2 Å². The second-order valence-corrected chi connectivity index (χ2v) is 8.15. The third-order valence-corrected chi connectivity index (χ3v) is 5.59. The number of carbonyl (C=O) groups is 1. The molecule has 7 nitrogen and oxygen atoms in total. The lowest BCUT2D eigenvalue weighted by atomic mass is 10.2. The highest BCUT2D eigenvalue weighted by molar-refractivity contribution is 7.91. The molecule has 1 N–H and O–H groups in total. The minimum Gasteiger partial charge on any atom is -0.403 e. The van der Waals surface area contributed by atoms with Crippen LogP contribution in [0.3, 0.4) is 0 Å². The van der Waals surface area contributed by atoms with Gasteiger partial charge in [0.05, 0.1) is 16.2 Å². The van der Waals surface area contributed by atoms with E-state index in [4.69, 9.17) is 16.0 Å². The van der Waals surface area contributed by atoms with Crippen LogP contribution in [-0.4, -0.2) is 30.3 Å². The Morgan fingerprint density at radius 3 is 2.50 bits per heavy atom. The molecule has 146 valence electrons. The molecule has 0 aliphatic rings. The summed E-state index contributed by atoms with van der Waals surface area (Å²) in [5, 5.41) is 9.73. The number of benzene rings is 2. The Kier molecular flexibility index (Phi) is 5.71. The molecule has 28 heavy (non-hydrogen) atoms. The van der Waals surface area contributed by atoms with E-state index in [0.717, 1.165) is 12.1 Å². The number of halogens is 3. The lowest BCUT2D eigenvalue weighted by Crippen LogP contribution is -2.17. The van der Waals surface area contributed by atoms with E-state index in [2.05, 4.69) is 15.5 Å². The molecule has 0 bridgehead atoms. The summed E-state index contributed by atoms with van der Waals surface area (Å²) in [7, 11) is -3.68. The molecule has 1 aromatic heterocycles. The Morgan fingerprint density at radius 1 is 1.11 bits per heavy atom. The molecule has 0 aliphatic carbocycles. The molecule has 1 amide bonds. The van der Waals surface area contributed by atoms with E-state index in [1.54, 1.807) is 0 Å². The van der Waals surface area contributed by atoms with Gasteiger partial charge in [-0.15, -0.1) is 5.10 Å². The number of nitrogens with one attached hydrogen (secondary N) is 1. The Balaban J connectivity index is 1.62. The highest BCUT2D eigenvalue weighted by Crippen LogP contribution is 2.23. The number of anilines is 1. The molecule has 0 unspecified atom stereocenters. The van der Waals surface area contributed by atoms with Crippen LogP contribution >= 0.6 is 11.6 Å². The normalized spacial score (nSPS) is 11.4. The second-order valence-electron chi connectivity index (χ2n) is 5.61. The van der Waals surface area contributed by atoms with Gasteiger partial charge in [0.15, 0.2) is 9.84 Å². The molecular formula is C17H12ClF2N3O4S. The van der Waals surface area contributed by atoms with Crippen LogP contribution in [0.15, 0.2) is 51.8 Å². The third-order valence-electron chi connectivity index (χ3n) is 3.60. The van der Waals surface area contributed by atoms with Crippen molar-refractivity contribution in [3.63, 3.8) is 0 Å². The van der Waals surface area contributed by atoms with E-state index in [9.17, 15) is 22.0 Å². The summed E-state index contributed by atoms with van der Waals surface area (Å²) in [6, 6.07) is 8.00. The van der Waals surface area contributed by atoms with Crippen LogP contribution in [0.2, 0.25) is 5.02 Å². The fourth-order valence-electron chi connectivity index (χ4n) is 2.21. The summed E-state index contributed by atoms with van der Waals surface area (Å²) in [4.78, 5) is 12.0. The van der Waals surface area contributed by atoms with Gasteiger partial charge in [0, 0.05) is 17.5 Å². The van der Waals surface area contributed by atoms with Crippen molar-refractivity contribution in [2.75, 3.05) is 11.1 Å². The number of hydrogen-bond acceptors (Lipinski definition) is 6. The number of sulfone groups is 1. The van der Waals surface area contributed by atoms with Crippen molar-refractivity contribution in [3.05, 3.63) is 59.1 Å². The van der Waals surface area contributed by atoms with E-state index in [1.807, 2.05) is 0 Å². The smallest absolute Gasteiger partial charge is 0.322 e. The monoisotopic (exact) mass is 427 g/mol. The Morgan fingerprint density at radius 2 is 1.82 bits per heavy atom. The summed E-state index contributed by atoms with van der Waals surface area (Å²) >= 11 is 5.72. The lowest BCUT2D eigenvalue weighted by molar-refractivity contribution is -0.115. The fourth-order valence-corrected chi connectivity index (χ4v) is 3.58. The second kappa shape index (κ2) is 8.03. The predicted molar refractivity (Wildman–Crippen MR) is 96.4 cm³/mol. The molecule has 11 heteroatoms. The maximum atomic E-state index is 13.7. The molecule has 0 saturated heterocycles. The van der Waals surface area contributed by atoms with Crippen molar-refractivity contribution < 1.29 is 26.4 Å². The zero-order valence-electron chi connectivity index (χ0n) is 14.0. The van der Waals surface area contributed by atoms with Gasteiger partial charge in [-0.1, -0.05) is 16.7 Å². The van der Waals surface area contributed by atoms with Crippen molar-refractivity contribution in [1.29, 1.82) is 0 Å². The molecule has 0 saturated carbocycles. The van der Waals surface area contributed by atoms with Gasteiger partial charge in [-0.2, -0.15) is 0 Å². The van der Waals surface area contributed by atoms with Crippen LogP contribution in [0.1, 0.15) is 6.42 Å². The van der Waals surface area contributed by atoms with Crippen molar-refractivity contribution in [2.24, 2.45) is 0 Å². The van der Waals surface area contributed by atoms with Crippen LogP contribution < -0.4 is 5.32 Å². The summed E-state index contributed by atoms with van der Waals surface area (Å²) in [5.74, 6) is -3.07. The molecule has 0 radical (unpaired) electrons. The van der Waals surface area contributed by atoms with E-state index in [0.29, 0.717) is 11.1 Å². The minimum atomic E-state index is -3.68. The Labute approximate surface area is 163 Å². The first-order valence-electron chi connectivity index (χ1n) is 7.82. The quantitative estimate of drug-likeness (QED) is 0.646. The number of amides is 1. The van der Waals surface area contributed by atoms with Crippen molar-refractivity contribution >= 4 is 33.4 Å². The van der Waals surface area contributed by atoms with Gasteiger partial charge in [-0.3, -0.25) is 10.1 Å². The zero-order valence-corrected chi connectivity index (χ0v) is 15.6. The fraction of sp³-hybridized carbons (Fsp3) is 0.118. The number of rotatable bonds is 6. The van der Waals surface area contributed by atoms with Gasteiger partial charge in [-0.25, -0.2) is 17.2 Å². The highest BCUT2D eigenvalue weighted by atomic mass is 35.5.